The minimum Gasteiger partial charge on any atom is -0.326 e. The summed E-state index contributed by atoms with van der Waals surface area (Å²) in [5.74, 6) is -0.436. The molecule has 0 aliphatic heterocycles. The van der Waals surface area contributed by atoms with Gasteiger partial charge in [-0.1, -0.05) is 41.4 Å². The molecule has 0 fully saturated rings. The Morgan fingerprint density at radius 2 is 1.60 bits per heavy atom. The first-order valence-electron chi connectivity index (χ1n) is 9.47. The van der Waals surface area contributed by atoms with Crippen LogP contribution in [-0.4, -0.2) is 21.6 Å². The third-order valence-electron chi connectivity index (χ3n) is 4.44. The van der Waals surface area contributed by atoms with E-state index >= 15 is 0 Å². The van der Waals surface area contributed by atoms with Gasteiger partial charge in [-0.05, 0) is 49.8 Å². The Kier molecular flexibility index (Phi) is 6.69. The monoisotopic (exact) mass is 422 g/mol. The van der Waals surface area contributed by atoms with E-state index in [1.54, 1.807) is 35.0 Å². The molecule has 154 valence electrons. The predicted molar refractivity (Wildman–Crippen MR) is 121 cm³/mol. The molecular weight excluding hydrogens is 400 g/mol. The zero-order valence-electron chi connectivity index (χ0n) is 17.1. The molecule has 3 aromatic rings. The van der Waals surface area contributed by atoms with Gasteiger partial charge in [-0.3, -0.25) is 9.59 Å². The molecule has 1 heterocycles. The van der Waals surface area contributed by atoms with Crippen LogP contribution < -0.4 is 10.6 Å². The summed E-state index contributed by atoms with van der Waals surface area (Å²) in [7, 11) is 0. The fraction of sp³-hybridized carbons (Fsp3) is 0.174. The van der Waals surface area contributed by atoms with Gasteiger partial charge >= 0.3 is 0 Å². The molecule has 2 amide bonds. The molecule has 3 rings (SSSR count). The summed E-state index contributed by atoms with van der Waals surface area (Å²) >= 11 is 6.50. The largest absolute Gasteiger partial charge is 0.326 e. The lowest BCUT2D eigenvalue weighted by Crippen LogP contribution is -2.08. The molecule has 7 heteroatoms. The number of aryl methyl sites for hydroxylation is 2. The van der Waals surface area contributed by atoms with Gasteiger partial charge in [-0.25, -0.2) is 4.68 Å². The van der Waals surface area contributed by atoms with Crippen LogP contribution in [0.1, 0.15) is 29.3 Å². The Balaban J connectivity index is 1.66. The fourth-order valence-electron chi connectivity index (χ4n) is 2.91. The zero-order valence-corrected chi connectivity index (χ0v) is 17.8. The average Bonchev–Trinajstić information content (AvgIpc) is 2.96. The highest BCUT2D eigenvalue weighted by Gasteiger charge is 2.12. The Morgan fingerprint density at radius 1 is 1.00 bits per heavy atom. The highest BCUT2D eigenvalue weighted by molar-refractivity contribution is 6.31. The number of hydrogen-bond acceptors (Lipinski definition) is 3. The summed E-state index contributed by atoms with van der Waals surface area (Å²) in [5.41, 5.74) is 5.04. The van der Waals surface area contributed by atoms with Gasteiger partial charge in [0, 0.05) is 29.9 Å². The molecule has 0 atom stereocenters. The molecule has 0 aliphatic rings. The van der Waals surface area contributed by atoms with Crippen LogP contribution in [0.4, 0.5) is 11.4 Å². The topological polar surface area (TPSA) is 76.0 Å². The van der Waals surface area contributed by atoms with E-state index in [0.717, 1.165) is 11.3 Å². The summed E-state index contributed by atoms with van der Waals surface area (Å²) in [6.45, 7) is 5.90. The number of hydrogen-bond donors (Lipinski definition) is 2. The Morgan fingerprint density at radius 3 is 2.20 bits per heavy atom. The first kappa shape index (κ1) is 21.3. The number of anilines is 2. The third-order valence-corrected chi connectivity index (χ3v) is 4.84. The second kappa shape index (κ2) is 9.41. The molecule has 1 aromatic heterocycles. The van der Waals surface area contributed by atoms with E-state index in [4.69, 9.17) is 11.6 Å². The zero-order chi connectivity index (χ0) is 21.7. The maximum absolute atomic E-state index is 12.3. The van der Waals surface area contributed by atoms with Crippen molar-refractivity contribution in [1.29, 1.82) is 0 Å². The lowest BCUT2D eigenvalue weighted by atomic mass is 10.1. The summed E-state index contributed by atoms with van der Waals surface area (Å²) in [4.78, 5) is 23.3. The van der Waals surface area contributed by atoms with Gasteiger partial charge in [0.05, 0.1) is 12.2 Å². The van der Waals surface area contributed by atoms with Crippen LogP contribution in [0, 0.1) is 13.8 Å². The van der Waals surface area contributed by atoms with Crippen molar-refractivity contribution < 1.29 is 9.59 Å². The van der Waals surface area contributed by atoms with Gasteiger partial charge in [0.15, 0.2) is 0 Å². The molecule has 0 bridgehead atoms. The quantitative estimate of drug-likeness (QED) is 0.559. The van der Waals surface area contributed by atoms with Crippen LogP contribution in [0.25, 0.3) is 6.08 Å². The first-order valence-corrected chi connectivity index (χ1v) is 9.85. The van der Waals surface area contributed by atoms with E-state index in [-0.39, 0.29) is 11.8 Å². The Hall–Kier alpha value is -3.38. The number of nitrogens with zero attached hydrogens (tertiary/aromatic N) is 2. The average molecular weight is 423 g/mol. The van der Waals surface area contributed by atoms with Crippen LogP contribution >= 0.6 is 11.6 Å². The van der Waals surface area contributed by atoms with Crippen molar-refractivity contribution in [3.63, 3.8) is 0 Å². The summed E-state index contributed by atoms with van der Waals surface area (Å²) in [6, 6.07) is 15.1. The highest BCUT2D eigenvalue weighted by Crippen LogP contribution is 2.22. The van der Waals surface area contributed by atoms with Crippen molar-refractivity contribution in [2.24, 2.45) is 0 Å². The maximum atomic E-state index is 12.3. The minimum absolute atomic E-state index is 0.148. The third kappa shape index (κ3) is 5.58. The number of nitrogens with one attached hydrogen (secondary N) is 2. The van der Waals surface area contributed by atoms with Crippen molar-refractivity contribution in [1.82, 2.24) is 9.78 Å². The van der Waals surface area contributed by atoms with Gasteiger partial charge in [0.1, 0.15) is 5.15 Å². The molecule has 30 heavy (non-hydrogen) atoms. The smallest absolute Gasteiger partial charge is 0.248 e. The molecule has 0 spiro atoms. The van der Waals surface area contributed by atoms with Crippen LogP contribution in [0.3, 0.4) is 0 Å². The molecule has 0 unspecified atom stereocenters. The van der Waals surface area contributed by atoms with E-state index in [9.17, 15) is 9.59 Å². The number of aromatic nitrogens is 2. The number of benzene rings is 2. The summed E-state index contributed by atoms with van der Waals surface area (Å²) < 4.78 is 1.72. The standard InChI is InChI=1S/C23H23ClN4O2/c1-15-4-6-18(7-5-15)14-28-23(24)21(16(2)27-28)12-13-22(30)26-20-10-8-19(9-11-20)25-17(3)29/h4-13H,14H2,1-3H3,(H,25,29)(H,26,30)/b13-12+. The van der Waals surface area contributed by atoms with Crippen LogP contribution in [0.2, 0.25) is 5.15 Å². The second-order valence-corrected chi connectivity index (χ2v) is 7.37. The van der Waals surface area contributed by atoms with E-state index in [0.29, 0.717) is 28.6 Å². The maximum Gasteiger partial charge on any atom is 0.248 e. The molecule has 0 saturated heterocycles. The number of halogens is 1. The number of carbonyl (C=O) groups excluding carboxylic acids is 2. The lowest BCUT2D eigenvalue weighted by Gasteiger charge is -2.05. The molecule has 6 nitrogen and oxygen atoms in total. The van der Waals surface area contributed by atoms with E-state index < -0.39 is 0 Å². The van der Waals surface area contributed by atoms with E-state index in [2.05, 4.69) is 15.7 Å². The van der Waals surface area contributed by atoms with Gasteiger partial charge in [0.2, 0.25) is 11.8 Å². The Labute approximate surface area is 180 Å². The fourth-order valence-corrected chi connectivity index (χ4v) is 3.21. The van der Waals surface area contributed by atoms with Gasteiger partial charge in [-0.2, -0.15) is 5.10 Å². The van der Waals surface area contributed by atoms with Crippen LogP contribution in [0.5, 0.6) is 0 Å². The predicted octanol–water partition coefficient (Wildman–Crippen LogP) is 4.81. The van der Waals surface area contributed by atoms with Gasteiger partial charge in [-0.15, -0.1) is 0 Å². The number of amides is 2. The van der Waals surface area contributed by atoms with Crippen molar-refractivity contribution >= 4 is 40.9 Å². The van der Waals surface area contributed by atoms with E-state index in [1.165, 1.54) is 18.6 Å². The molecular formula is C23H23ClN4O2. The van der Waals surface area contributed by atoms with Gasteiger partial charge in [0.25, 0.3) is 0 Å². The van der Waals surface area contributed by atoms with Crippen molar-refractivity contribution in [3.8, 4) is 0 Å². The second-order valence-electron chi connectivity index (χ2n) is 7.01. The molecule has 2 aromatic carbocycles. The van der Waals surface area contributed by atoms with E-state index in [1.807, 2.05) is 38.1 Å². The van der Waals surface area contributed by atoms with Crippen LogP contribution in [-0.2, 0) is 16.1 Å². The minimum atomic E-state index is -0.288. The number of carbonyl (C=O) groups is 2. The van der Waals surface area contributed by atoms with Crippen molar-refractivity contribution in [2.75, 3.05) is 10.6 Å². The van der Waals surface area contributed by atoms with Crippen molar-refractivity contribution in [2.45, 2.75) is 27.3 Å². The molecule has 0 saturated carbocycles. The van der Waals surface area contributed by atoms with Crippen LogP contribution in [0.15, 0.2) is 54.6 Å². The SMILES string of the molecule is CC(=O)Nc1ccc(NC(=O)/C=C/c2c(C)nn(Cc3ccc(C)cc3)c2Cl)cc1. The molecule has 2 N–H and O–H groups in total. The summed E-state index contributed by atoms with van der Waals surface area (Å²) in [5, 5.41) is 10.4. The normalized spacial score (nSPS) is 10.9. The molecule has 0 aliphatic carbocycles. The first-order chi connectivity index (χ1) is 14.3. The molecule has 0 radical (unpaired) electrons. The summed E-state index contributed by atoms with van der Waals surface area (Å²) in [6.07, 6.45) is 3.09. The van der Waals surface area contributed by atoms with Crippen molar-refractivity contribution in [3.05, 3.63) is 82.1 Å². The van der Waals surface area contributed by atoms with Gasteiger partial charge < -0.3 is 10.6 Å². The highest BCUT2D eigenvalue weighted by atomic mass is 35.5. The lowest BCUT2D eigenvalue weighted by molar-refractivity contribution is -0.114. The number of rotatable bonds is 6. The Bertz CT molecular complexity index is 1080.